The molecule has 126 valence electrons. The van der Waals surface area contributed by atoms with E-state index in [1.165, 1.54) is 16.2 Å². The average Bonchev–Trinajstić information content (AvgIpc) is 3.01. The van der Waals surface area contributed by atoms with Crippen LogP contribution < -0.4 is 11.1 Å². The maximum Gasteiger partial charge on any atom is 0.243 e. The van der Waals surface area contributed by atoms with E-state index < -0.39 is 21.8 Å². The number of thiophene rings is 1. The van der Waals surface area contributed by atoms with Gasteiger partial charge in [0.1, 0.15) is 9.84 Å². The quantitative estimate of drug-likeness (QED) is 0.808. The fourth-order valence-corrected chi connectivity index (χ4v) is 4.40. The van der Waals surface area contributed by atoms with Gasteiger partial charge in [0.15, 0.2) is 5.13 Å². The van der Waals surface area contributed by atoms with Crippen molar-refractivity contribution in [3.05, 3.63) is 21.9 Å². The topological polar surface area (TPSA) is 102 Å². The lowest BCUT2D eigenvalue weighted by Gasteiger charge is -2.09. The van der Waals surface area contributed by atoms with E-state index in [1.807, 2.05) is 26.0 Å². The van der Waals surface area contributed by atoms with Gasteiger partial charge in [0, 0.05) is 16.0 Å². The van der Waals surface area contributed by atoms with Gasteiger partial charge in [-0.15, -0.1) is 22.7 Å². The molecule has 9 heteroatoms. The maximum absolute atomic E-state index is 12.0. The summed E-state index contributed by atoms with van der Waals surface area (Å²) in [5, 5.41) is 3.14. The van der Waals surface area contributed by atoms with Crippen LogP contribution in [0.25, 0.3) is 10.6 Å². The fourth-order valence-electron chi connectivity index (χ4n) is 1.91. The van der Waals surface area contributed by atoms with Crippen LogP contribution in [0.1, 0.15) is 16.2 Å². The molecule has 3 N–H and O–H groups in total. The predicted octanol–water partition coefficient (Wildman–Crippen LogP) is 2.19. The van der Waals surface area contributed by atoms with Crippen LogP contribution in [0.15, 0.2) is 12.1 Å². The Hall–Kier alpha value is -1.29. The molecule has 2 heterocycles. The van der Waals surface area contributed by atoms with Gasteiger partial charge in [-0.2, -0.15) is 0 Å². The molecule has 0 saturated carbocycles. The molecule has 23 heavy (non-hydrogen) atoms. The SMILES string of the molecule is Cc1ccc(-c2nc(NC(=O)C(N)CCS(C)(=O)=O)sc2C)s1. The predicted molar refractivity (Wildman–Crippen MR) is 95.8 cm³/mol. The molecule has 6 nitrogen and oxygen atoms in total. The molecule has 2 rings (SSSR count). The highest BCUT2D eigenvalue weighted by Crippen LogP contribution is 2.34. The summed E-state index contributed by atoms with van der Waals surface area (Å²) in [6.45, 7) is 3.97. The lowest BCUT2D eigenvalue weighted by Crippen LogP contribution is -2.37. The van der Waals surface area contributed by atoms with Crippen LogP contribution in [0.3, 0.4) is 0 Å². The number of carbonyl (C=O) groups excluding carboxylic acids is 1. The van der Waals surface area contributed by atoms with Gasteiger partial charge < -0.3 is 11.1 Å². The third-order valence-electron chi connectivity index (χ3n) is 3.14. The zero-order chi connectivity index (χ0) is 17.2. The van der Waals surface area contributed by atoms with E-state index in [2.05, 4.69) is 10.3 Å². The Morgan fingerprint density at radius 3 is 2.61 bits per heavy atom. The number of aromatic nitrogens is 1. The minimum atomic E-state index is -3.13. The molecule has 0 spiro atoms. The Bertz CT molecular complexity index is 808. The number of aryl methyl sites for hydroxylation is 2. The number of thiazole rings is 1. The van der Waals surface area contributed by atoms with Crippen LogP contribution in [-0.2, 0) is 14.6 Å². The van der Waals surface area contributed by atoms with Crippen LogP contribution >= 0.6 is 22.7 Å². The van der Waals surface area contributed by atoms with Crippen LogP contribution in [-0.4, -0.2) is 37.4 Å². The van der Waals surface area contributed by atoms with Crippen molar-refractivity contribution in [3.8, 4) is 10.6 Å². The van der Waals surface area contributed by atoms with E-state index >= 15 is 0 Å². The van der Waals surface area contributed by atoms with Gasteiger partial charge in [-0.05, 0) is 32.4 Å². The van der Waals surface area contributed by atoms with Crippen molar-refractivity contribution in [3.63, 3.8) is 0 Å². The molecule has 0 aliphatic heterocycles. The number of hydrogen-bond acceptors (Lipinski definition) is 7. The molecule has 0 saturated heterocycles. The number of rotatable bonds is 6. The first kappa shape index (κ1) is 18.1. The summed E-state index contributed by atoms with van der Waals surface area (Å²) >= 11 is 3.02. The van der Waals surface area contributed by atoms with Gasteiger partial charge >= 0.3 is 0 Å². The van der Waals surface area contributed by atoms with Crippen molar-refractivity contribution in [2.75, 3.05) is 17.3 Å². The number of nitrogens with two attached hydrogens (primary N) is 1. The standard InChI is InChI=1S/C14H19N3O3S3/c1-8-4-5-11(21-8)12-9(2)22-14(16-12)17-13(18)10(15)6-7-23(3,19)20/h4-5,10H,6-7,15H2,1-3H3,(H,16,17,18). The number of nitrogens with one attached hydrogen (secondary N) is 1. The van der Waals surface area contributed by atoms with Gasteiger partial charge in [0.05, 0.1) is 22.4 Å². The number of nitrogens with zero attached hydrogens (tertiary/aromatic N) is 1. The van der Waals surface area contributed by atoms with Crippen LogP contribution in [0.2, 0.25) is 0 Å². The second kappa shape index (κ2) is 7.08. The van der Waals surface area contributed by atoms with Gasteiger partial charge in [0.25, 0.3) is 0 Å². The Kier molecular flexibility index (Phi) is 5.56. The number of carbonyl (C=O) groups is 1. The first-order valence-corrected chi connectivity index (χ1v) is 10.6. The molecule has 2 aromatic rings. The molecule has 0 fully saturated rings. The molecule has 0 bridgehead atoms. The lowest BCUT2D eigenvalue weighted by molar-refractivity contribution is -0.117. The largest absolute Gasteiger partial charge is 0.320 e. The van der Waals surface area contributed by atoms with E-state index in [9.17, 15) is 13.2 Å². The zero-order valence-corrected chi connectivity index (χ0v) is 15.6. The Balaban J connectivity index is 2.04. The number of sulfone groups is 1. The smallest absolute Gasteiger partial charge is 0.243 e. The van der Waals surface area contributed by atoms with Crippen molar-refractivity contribution in [1.29, 1.82) is 0 Å². The van der Waals surface area contributed by atoms with Crippen molar-refractivity contribution >= 4 is 43.5 Å². The van der Waals surface area contributed by atoms with E-state index in [-0.39, 0.29) is 12.2 Å². The molecule has 0 aliphatic rings. The highest BCUT2D eigenvalue weighted by atomic mass is 32.2. The highest BCUT2D eigenvalue weighted by molar-refractivity contribution is 7.90. The van der Waals surface area contributed by atoms with E-state index in [1.54, 1.807) is 11.3 Å². The summed E-state index contributed by atoms with van der Waals surface area (Å²) in [6.07, 6.45) is 1.21. The summed E-state index contributed by atoms with van der Waals surface area (Å²) in [5.41, 5.74) is 6.59. The molecule has 0 aromatic carbocycles. The van der Waals surface area contributed by atoms with E-state index in [4.69, 9.17) is 5.73 Å². The lowest BCUT2D eigenvalue weighted by atomic mass is 10.2. The van der Waals surface area contributed by atoms with E-state index in [0.717, 1.165) is 21.7 Å². The minimum absolute atomic E-state index is 0.0893. The van der Waals surface area contributed by atoms with Gasteiger partial charge in [0.2, 0.25) is 5.91 Å². The average molecular weight is 374 g/mol. The minimum Gasteiger partial charge on any atom is -0.320 e. The van der Waals surface area contributed by atoms with E-state index in [0.29, 0.717) is 5.13 Å². The second-order valence-electron chi connectivity index (χ2n) is 5.35. The van der Waals surface area contributed by atoms with Gasteiger partial charge in [-0.25, -0.2) is 13.4 Å². The third-order valence-corrected chi connectivity index (χ3v) is 6.01. The first-order chi connectivity index (χ1) is 10.7. The maximum atomic E-state index is 12.0. The van der Waals surface area contributed by atoms with Crippen molar-refractivity contribution in [1.82, 2.24) is 4.98 Å². The summed E-state index contributed by atoms with van der Waals surface area (Å²) in [6, 6.07) is 3.16. The summed E-state index contributed by atoms with van der Waals surface area (Å²) in [5.74, 6) is -0.533. The number of anilines is 1. The summed E-state index contributed by atoms with van der Waals surface area (Å²) in [4.78, 5) is 19.7. The van der Waals surface area contributed by atoms with Crippen LogP contribution in [0, 0.1) is 13.8 Å². The molecule has 1 unspecified atom stereocenters. The second-order valence-corrected chi connectivity index (χ2v) is 10.1. The van der Waals surface area contributed by atoms with Crippen molar-refractivity contribution in [2.24, 2.45) is 5.73 Å². The Morgan fingerprint density at radius 1 is 1.35 bits per heavy atom. The monoisotopic (exact) mass is 373 g/mol. The molecular formula is C14H19N3O3S3. The van der Waals surface area contributed by atoms with Crippen molar-refractivity contribution in [2.45, 2.75) is 26.3 Å². The van der Waals surface area contributed by atoms with Gasteiger partial charge in [-0.3, -0.25) is 4.79 Å². The normalized spacial score (nSPS) is 13.0. The van der Waals surface area contributed by atoms with Crippen molar-refractivity contribution < 1.29 is 13.2 Å². The Labute approximate surface area is 143 Å². The number of amides is 1. The molecule has 1 amide bonds. The van der Waals surface area contributed by atoms with Gasteiger partial charge in [-0.1, -0.05) is 0 Å². The zero-order valence-electron chi connectivity index (χ0n) is 13.1. The molecular weight excluding hydrogens is 354 g/mol. The molecule has 1 atom stereocenters. The van der Waals surface area contributed by atoms with Crippen LogP contribution in [0.4, 0.5) is 5.13 Å². The number of hydrogen-bond donors (Lipinski definition) is 2. The first-order valence-electron chi connectivity index (χ1n) is 6.94. The molecule has 0 aliphatic carbocycles. The summed E-state index contributed by atoms with van der Waals surface area (Å²) in [7, 11) is -3.13. The highest BCUT2D eigenvalue weighted by Gasteiger charge is 2.19. The summed E-state index contributed by atoms with van der Waals surface area (Å²) < 4.78 is 22.3. The molecule has 2 aromatic heterocycles. The third kappa shape index (κ3) is 5.10. The van der Waals surface area contributed by atoms with Crippen LogP contribution in [0.5, 0.6) is 0 Å². The Morgan fingerprint density at radius 2 is 2.04 bits per heavy atom. The fraction of sp³-hybridized carbons (Fsp3) is 0.429. The molecule has 0 radical (unpaired) electrons.